The van der Waals surface area contributed by atoms with Crippen LogP contribution in [0.5, 0.6) is 0 Å². The summed E-state index contributed by atoms with van der Waals surface area (Å²) < 4.78 is 2.29. The fourth-order valence-electron chi connectivity index (χ4n) is 2.70. The molecule has 1 aliphatic carbocycles. The van der Waals surface area contributed by atoms with E-state index in [1.54, 1.807) is 11.8 Å². The molecule has 124 valence electrons. The van der Waals surface area contributed by atoms with Crippen molar-refractivity contribution in [3.63, 3.8) is 0 Å². The summed E-state index contributed by atoms with van der Waals surface area (Å²) in [6, 6.07) is 19.1. The first kappa shape index (κ1) is 16.0. The first-order chi connectivity index (χ1) is 12.3. The molecule has 0 saturated heterocycles. The minimum atomic E-state index is 0.538. The molecule has 0 radical (unpaired) electrons. The van der Waals surface area contributed by atoms with Gasteiger partial charge in [0.1, 0.15) is 0 Å². The predicted molar refractivity (Wildman–Crippen MR) is 103 cm³/mol. The zero-order valence-corrected chi connectivity index (χ0v) is 15.0. The van der Waals surface area contributed by atoms with Crippen LogP contribution in [0.1, 0.15) is 30.0 Å². The molecule has 1 fully saturated rings. The summed E-state index contributed by atoms with van der Waals surface area (Å²) in [4.78, 5) is 0. The van der Waals surface area contributed by atoms with Crippen LogP contribution in [-0.2, 0) is 0 Å². The Balaban J connectivity index is 1.52. The van der Waals surface area contributed by atoms with Gasteiger partial charge in [-0.05, 0) is 31.9 Å². The second-order valence-electron chi connectivity index (χ2n) is 6.23. The third-order valence-electron chi connectivity index (χ3n) is 4.17. The fourth-order valence-corrected chi connectivity index (χ4v) is 3.44. The van der Waals surface area contributed by atoms with E-state index in [4.69, 9.17) is 0 Å². The highest BCUT2D eigenvalue weighted by Gasteiger charge is 2.29. The van der Waals surface area contributed by atoms with E-state index in [-0.39, 0.29) is 0 Å². The Morgan fingerprint density at radius 1 is 1.04 bits per heavy atom. The Morgan fingerprint density at radius 2 is 1.80 bits per heavy atom. The zero-order chi connectivity index (χ0) is 17.1. The summed E-state index contributed by atoms with van der Waals surface area (Å²) in [5.41, 5.74) is 3.44. The molecule has 0 unspecified atom stereocenters. The molecule has 4 heteroatoms. The lowest BCUT2D eigenvalue weighted by atomic mass is 10.1. The van der Waals surface area contributed by atoms with Crippen molar-refractivity contribution in [3.05, 3.63) is 65.7 Å². The molecule has 1 heterocycles. The lowest BCUT2D eigenvalue weighted by Crippen LogP contribution is -1.99. The third-order valence-corrected chi connectivity index (χ3v) is 4.99. The molecule has 25 heavy (non-hydrogen) atoms. The first-order valence-corrected chi connectivity index (χ1v) is 9.48. The van der Waals surface area contributed by atoms with Crippen LogP contribution in [0.3, 0.4) is 0 Å². The van der Waals surface area contributed by atoms with Crippen molar-refractivity contribution >= 4 is 11.8 Å². The van der Waals surface area contributed by atoms with E-state index in [0.29, 0.717) is 11.8 Å². The van der Waals surface area contributed by atoms with Crippen molar-refractivity contribution in [2.24, 2.45) is 0 Å². The maximum Gasteiger partial charge on any atom is 0.192 e. The van der Waals surface area contributed by atoms with E-state index < -0.39 is 0 Å². The molecule has 2 aromatic carbocycles. The number of hydrogen-bond acceptors (Lipinski definition) is 3. The summed E-state index contributed by atoms with van der Waals surface area (Å²) in [5, 5.41) is 9.86. The van der Waals surface area contributed by atoms with Gasteiger partial charge in [-0.1, -0.05) is 71.6 Å². The van der Waals surface area contributed by atoms with Crippen LogP contribution in [-0.4, -0.2) is 20.5 Å². The molecule has 0 bridgehead atoms. The molecule has 1 aliphatic rings. The van der Waals surface area contributed by atoms with Crippen LogP contribution in [0.2, 0.25) is 0 Å². The molecule has 0 aliphatic heterocycles. The van der Waals surface area contributed by atoms with Crippen LogP contribution in [0.15, 0.2) is 59.8 Å². The zero-order valence-electron chi connectivity index (χ0n) is 14.1. The Labute approximate surface area is 152 Å². The van der Waals surface area contributed by atoms with Gasteiger partial charge in [0.05, 0.1) is 5.75 Å². The Morgan fingerprint density at radius 3 is 2.52 bits per heavy atom. The maximum absolute atomic E-state index is 4.46. The molecular weight excluding hydrogens is 326 g/mol. The average Bonchev–Trinajstić information content (AvgIpc) is 3.40. The minimum absolute atomic E-state index is 0.538. The van der Waals surface area contributed by atoms with Crippen molar-refractivity contribution in [2.75, 3.05) is 5.75 Å². The molecule has 3 aromatic rings. The predicted octanol–water partition coefficient (Wildman–Crippen LogP) is 4.73. The van der Waals surface area contributed by atoms with E-state index in [1.807, 2.05) is 30.3 Å². The van der Waals surface area contributed by atoms with E-state index in [1.165, 1.54) is 18.4 Å². The summed E-state index contributed by atoms with van der Waals surface area (Å²) in [6.45, 7) is 2.10. The molecule has 3 nitrogen and oxygen atoms in total. The van der Waals surface area contributed by atoms with Gasteiger partial charge >= 0.3 is 0 Å². The van der Waals surface area contributed by atoms with E-state index in [2.05, 4.69) is 57.8 Å². The van der Waals surface area contributed by atoms with E-state index in [0.717, 1.165) is 22.1 Å². The van der Waals surface area contributed by atoms with Gasteiger partial charge in [-0.2, -0.15) is 0 Å². The fraction of sp³-hybridized carbons (Fsp3) is 0.238. The van der Waals surface area contributed by atoms with E-state index >= 15 is 0 Å². The number of hydrogen-bond donors (Lipinski definition) is 0. The first-order valence-electron chi connectivity index (χ1n) is 8.50. The molecular formula is C21H19N3S. The van der Waals surface area contributed by atoms with Crippen LogP contribution < -0.4 is 0 Å². The maximum atomic E-state index is 4.46. The third kappa shape index (κ3) is 3.78. The van der Waals surface area contributed by atoms with Gasteiger partial charge in [0.2, 0.25) is 0 Å². The number of benzene rings is 2. The Bertz CT molecular complexity index is 913. The molecule has 1 aromatic heterocycles. The second kappa shape index (κ2) is 7.16. The van der Waals surface area contributed by atoms with Crippen molar-refractivity contribution in [3.8, 4) is 23.2 Å². The summed E-state index contributed by atoms with van der Waals surface area (Å²) >= 11 is 1.67. The van der Waals surface area contributed by atoms with Crippen molar-refractivity contribution in [2.45, 2.75) is 31.0 Å². The van der Waals surface area contributed by atoms with Crippen molar-refractivity contribution in [1.29, 1.82) is 0 Å². The quantitative estimate of drug-likeness (QED) is 0.506. The topological polar surface area (TPSA) is 30.7 Å². The van der Waals surface area contributed by atoms with Crippen molar-refractivity contribution < 1.29 is 0 Å². The Hall–Kier alpha value is -2.51. The highest BCUT2D eigenvalue weighted by atomic mass is 32.2. The number of aryl methyl sites for hydroxylation is 1. The van der Waals surface area contributed by atoms with Crippen LogP contribution in [0.25, 0.3) is 11.4 Å². The van der Waals surface area contributed by atoms with Gasteiger partial charge in [-0.25, -0.2) is 0 Å². The SMILES string of the molecule is Cc1ccc(-c2nnc(SCC#Cc3ccccc3)n2C2CC2)cc1. The molecule has 0 atom stereocenters. The van der Waals surface area contributed by atoms with Crippen molar-refractivity contribution in [1.82, 2.24) is 14.8 Å². The number of nitrogens with zero attached hydrogens (tertiary/aromatic N) is 3. The lowest BCUT2D eigenvalue weighted by Gasteiger charge is -2.08. The van der Waals surface area contributed by atoms with Gasteiger partial charge in [0, 0.05) is 17.2 Å². The Kier molecular flexibility index (Phi) is 4.58. The normalized spacial score (nSPS) is 13.3. The number of aromatic nitrogens is 3. The van der Waals surface area contributed by atoms with Gasteiger partial charge < -0.3 is 0 Å². The largest absolute Gasteiger partial charge is 0.299 e. The van der Waals surface area contributed by atoms with Crippen LogP contribution in [0, 0.1) is 18.8 Å². The highest BCUT2D eigenvalue weighted by Crippen LogP contribution is 2.40. The molecule has 4 rings (SSSR count). The smallest absolute Gasteiger partial charge is 0.192 e. The summed E-state index contributed by atoms with van der Waals surface area (Å²) in [6.07, 6.45) is 2.42. The van der Waals surface area contributed by atoms with E-state index in [9.17, 15) is 0 Å². The molecule has 0 N–H and O–H groups in total. The number of thioether (sulfide) groups is 1. The van der Waals surface area contributed by atoms with Gasteiger partial charge in [-0.3, -0.25) is 4.57 Å². The van der Waals surface area contributed by atoms with Crippen LogP contribution in [0.4, 0.5) is 0 Å². The summed E-state index contributed by atoms with van der Waals surface area (Å²) in [7, 11) is 0. The standard InChI is InChI=1S/C21H19N3S/c1-16-9-11-18(12-10-16)20-22-23-21(24(20)19-13-14-19)25-15-5-8-17-6-3-2-4-7-17/h2-4,6-7,9-12,19H,13-15H2,1H3. The molecule has 0 spiro atoms. The highest BCUT2D eigenvalue weighted by molar-refractivity contribution is 7.99. The molecule has 1 saturated carbocycles. The van der Waals surface area contributed by atoms with Gasteiger partial charge in [-0.15, -0.1) is 10.2 Å². The van der Waals surface area contributed by atoms with Gasteiger partial charge in [0.15, 0.2) is 11.0 Å². The average molecular weight is 345 g/mol. The lowest BCUT2D eigenvalue weighted by molar-refractivity contribution is 0.670. The second-order valence-corrected chi connectivity index (χ2v) is 7.17. The summed E-state index contributed by atoms with van der Waals surface area (Å²) in [5.74, 6) is 8.11. The molecule has 0 amide bonds. The monoisotopic (exact) mass is 345 g/mol. The van der Waals surface area contributed by atoms with Crippen LogP contribution >= 0.6 is 11.8 Å². The minimum Gasteiger partial charge on any atom is -0.299 e. The number of rotatable bonds is 4. The van der Waals surface area contributed by atoms with Gasteiger partial charge in [0.25, 0.3) is 0 Å².